The number of carbonyl (C=O) groups excluding carboxylic acids is 2. The summed E-state index contributed by atoms with van der Waals surface area (Å²) in [6.45, 7) is 1.60. The molecule has 1 aromatic carbocycles. The van der Waals surface area contributed by atoms with Gasteiger partial charge in [0.15, 0.2) is 0 Å². The van der Waals surface area contributed by atoms with E-state index >= 15 is 0 Å². The number of carbonyl (C=O) groups is 2. The molecule has 23 heavy (non-hydrogen) atoms. The zero-order valence-corrected chi connectivity index (χ0v) is 11.8. The van der Waals surface area contributed by atoms with Crippen LogP contribution in [0.25, 0.3) is 0 Å². The summed E-state index contributed by atoms with van der Waals surface area (Å²) in [5.74, 6) is -1.94. The first-order chi connectivity index (χ1) is 10.4. The lowest BCUT2D eigenvalue weighted by molar-refractivity contribution is -0.143. The topological polar surface area (TPSA) is 37.4 Å². The largest absolute Gasteiger partial charge is 0.416 e. The van der Waals surface area contributed by atoms with E-state index in [1.54, 1.807) is 6.92 Å². The molecule has 2 amide bonds. The molecule has 0 radical (unpaired) electrons. The third-order valence-corrected chi connectivity index (χ3v) is 3.38. The van der Waals surface area contributed by atoms with Crippen LogP contribution in [0, 0.1) is 5.92 Å². The third kappa shape index (κ3) is 3.65. The van der Waals surface area contributed by atoms with E-state index in [1.807, 2.05) is 0 Å². The smallest absolute Gasteiger partial charge is 0.274 e. The van der Waals surface area contributed by atoms with Crippen molar-refractivity contribution in [2.75, 3.05) is 4.90 Å². The van der Waals surface area contributed by atoms with Crippen LogP contribution in [0.5, 0.6) is 0 Å². The number of rotatable bonds is 1. The second kappa shape index (κ2) is 5.54. The van der Waals surface area contributed by atoms with Crippen molar-refractivity contribution in [3.8, 4) is 0 Å². The lowest BCUT2D eigenvalue weighted by Crippen LogP contribution is -2.43. The lowest BCUT2D eigenvalue weighted by atomic mass is 9.96. The van der Waals surface area contributed by atoms with E-state index in [2.05, 4.69) is 0 Å². The number of imide groups is 1. The van der Waals surface area contributed by atoms with Gasteiger partial charge in [0.2, 0.25) is 11.8 Å². The van der Waals surface area contributed by atoms with E-state index in [9.17, 15) is 35.9 Å². The van der Waals surface area contributed by atoms with Gasteiger partial charge in [-0.25, -0.2) is 0 Å². The number of anilines is 1. The summed E-state index contributed by atoms with van der Waals surface area (Å²) in [7, 11) is 0. The summed E-state index contributed by atoms with van der Waals surface area (Å²) in [5.41, 5.74) is -3.85. The number of amides is 2. The van der Waals surface area contributed by atoms with Gasteiger partial charge in [0.25, 0.3) is 0 Å². The fourth-order valence-electron chi connectivity index (χ4n) is 2.35. The molecule has 0 saturated carbocycles. The van der Waals surface area contributed by atoms with Crippen molar-refractivity contribution >= 4 is 17.5 Å². The van der Waals surface area contributed by atoms with Crippen molar-refractivity contribution in [2.24, 2.45) is 5.92 Å². The molecule has 0 spiro atoms. The second-order valence-electron chi connectivity index (χ2n) is 5.40. The predicted molar refractivity (Wildman–Crippen MR) is 67.3 cm³/mol. The summed E-state index contributed by atoms with van der Waals surface area (Å²) in [6, 6.07) is 0.701. The van der Waals surface area contributed by atoms with Crippen molar-refractivity contribution in [1.82, 2.24) is 0 Å². The van der Waals surface area contributed by atoms with Crippen molar-refractivity contribution < 1.29 is 35.9 Å². The second-order valence-corrected chi connectivity index (χ2v) is 5.40. The van der Waals surface area contributed by atoms with E-state index < -0.39 is 41.0 Å². The van der Waals surface area contributed by atoms with Gasteiger partial charge < -0.3 is 0 Å². The van der Waals surface area contributed by atoms with Gasteiger partial charge in [-0.3, -0.25) is 14.5 Å². The number of benzene rings is 1. The lowest BCUT2D eigenvalue weighted by Gasteiger charge is -2.29. The maximum Gasteiger partial charge on any atom is 0.416 e. The molecule has 0 aliphatic carbocycles. The van der Waals surface area contributed by atoms with Gasteiger partial charge in [-0.05, 0) is 24.1 Å². The summed E-state index contributed by atoms with van der Waals surface area (Å²) in [4.78, 5) is 24.2. The Morgan fingerprint density at radius 3 is 1.61 bits per heavy atom. The van der Waals surface area contributed by atoms with Crippen LogP contribution < -0.4 is 4.90 Å². The molecule has 9 heteroatoms. The molecule has 1 aliphatic rings. The number of hydrogen-bond donors (Lipinski definition) is 0. The fraction of sp³-hybridized carbons (Fsp3) is 0.429. The minimum atomic E-state index is -5.04. The standard InChI is InChI=1S/C14H11F6NO2/c1-7-2-11(22)21(12(23)3-7)10-5-8(13(15,16)17)4-9(6-10)14(18,19)20/h4-7H,2-3H2,1H3. The molecule has 126 valence electrons. The molecule has 1 fully saturated rings. The quantitative estimate of drug-likeness (QED) is 0.573. The molecule has 0 bridgehead atoms. The molecule has 3 nitrogen and oxygen atoms in total. The monoisotopic (exact) mass is 339 g/mol. The number of halogens is 6. The minimum absolute atomic E-state index is 0.0506. The number of hydrogen-bond acceptors (Lipinski definition) is 2. The van der Waals surface area contributed by atoms with Gasteiger partial charge in [0.05, 0.1) is 16.8 Å². The van der Waals surface area contributed by atoms with Gasteiger partial charge in [-0.15, -0.1) is 0 Å². The molecular formula is C14H11F6NO2. The van der Waals surface area contributed by atoms with Gasteiger partial charge in [0.1, 0.15) is 0 Å². The number of alkyl halides is 6. The summed E-state index contributed by atoms with van der Waals surface area (Å²) < 4.78 is 76.8. The Bertz CT molecular complexity index is 599. The Morgan fingerprint density at radius 1 is 0.870 bits per heavy atom. The van der Waals surface area contributed by atoms with E-state index in [4.69, 9.17) is 0 Å². The molecule has 1 saturated heterocycles. The zero-order valence-electron chi connectivity index (χ0n) is 11.8. The average molecular weight is 339 g/mol. The van der Waals surface area contributed by atoms with Crippen molar-refractivity contribution in [1.29, 1.82) is 0 Å². The average Bonchev–Trinajstić information content (AvgIpc) is 2.35. The molecule has 1 aliphatic heterocycles. The first kappa shape index (κ1) is 17.3. The highest BCUT2D eigenvalue weighted by Gasteiger charge is 2.39. The van der Waals surface area contributed by atoms with Gasteiger partial charge >= 0.3 is 12.4 Å². The van der Waals surface area contributed by atoms with Crippen LogP contribution in [-0.2, 0) is 21.9 Å². The van der Waals surface area contributed by atoms with Crippen LogP contribution in [-0.4, -0.2) is 11.8 Å². The van der Waals surface area contributed by atoms with Gasteiger partial charge in [-0.1, -0.05) is 6.92 Å². The zero-order chi connectivity index (χ0) is 17.6. The summed E-state index contributed by atoms with van der Waals surface area (Å²) in [5, 5.41) is 0. The highest BCUT2D eigenvalue weighted by atomic mass is 19.4. The van der Waals surface area contributed by atoms with Gasteiger partial charge in [-0.2, -0.15) is 26.3 Å². The van der Waals surface area contributed by atoms with Crippen LogP contribution in [0.2, 0.25) is 0 Å². The minimum Gasteiger partial charge on any atom is -0.274 e. The molecule has 1 heterocycles. The van der Waals surface area contributed by atoms with E-state index in [0.29, 0.717) is 17.0 Å². The maximum absolute atomic E-state index is 12.8. The van der Waals surface area contributed by atoms with E-state index in [-0.39, 0.29) is 24.8 Å². The molecule has 2 rings (SSSR count). The first-order valence-corrected chi connectivity index (χ1v) is 6.55. The van der Waals surface area contributed by atoms with Crippen LogP contribution in [0.1, 0.15) is 30.9 Å². The Balaban J connectivity index is 2.58. The Morgan fingerprint density at radius 2 is 1.26 bits per heavy atom. The maximum atomic E-state index is 12.8. The number of nitrogens with zero attached hydrogens (tertiary/aromatic N) is 1. The molecule has 0 N–H and O–H groups in total. The Kier molecular flexibility index (Phi) is 4.16. The van der Waals surface area contributed by atoms with Crippen LogP contribution >= 0.6 is 0 Å². The van der Waals surface area contributed by atoms with E-state index in [1.165, 1.54) is 0 Å². The van der Waals surface area contributed by atoms with Crippen molar-refractivity contribution in [2.45, 2.75) is 32.1 Å². The molecular weight excluding hydrogens is 328 g/mol. The third-order valence-electron chi connectivity index (χ3n) is 3.38. The Labute approximate surface area is 126 Å². The SMILES string of the molecule is CC1CC(=O)N(c2cc(C(F)(F)F)cc(C(F)(F)F)c2)C(=O)C1. The highest BCUT2D eigenvalue weighted by molar-refractivity contribution is 6.16. The first-order valence-electron chi connectivity index (χ1n) is 6.55. The fourth-order valence-corrected chi connectivity index (χ4v) is 2.35. The normalized spacial score (nSPS) is 17.8. The summed E-state index contributed by atoms with van der Waals surface area (Å²) in [6.07, 6.45) is -10.3. The van der Waals surface area contributed by atoms with Crippen LogP contribution in [0.3, 0.4) is 0 Å². The van der Waals surface area contributed by atoms with Crippen LogP contribution in [0.15, 0.2) is 18.2 Å². The highest BCUT2D eigenvalue weighted by Crippen LogP contribution is 2.39. The van der Waals surface area contributed by atoms with Crippen LogP contribution in [0.4, 0.5) is 32.0 Å². The predicted octanol–water partition coefficient (Wildman–Crippen LogP) is 4.01. The number of piperidine rings is 1. The summed E-state index contributed by atoms with van der Waals surface area (Å²) >= 11 is 0. The molecule has 0 aromatic heterocycles. The molecule has 0 atom stereocenters. The van der Waals surface area contributed by atoms with Crippen molar-refractivity contribution in [3.63, 3.8) is 0 Å². The van der Waals surface area contributed by atoms with Crippen molar-refractivity contribution in [3.05, 3.63) is 29.3 Å². The molecule has 0 unspecified atom stereocenters. The molecule has 1 aromatic rings. The van der Waals surface area contributed by atoms with E-state index in [0.717, 1.165) is 0 Å². The van der Waals surface area contributed by atoms with Gasteiger partial charge in [0, 0.05) is 12.8 Å². The Hall–Kier alpha value is -2.06.